The fraction of sp³-hybridized carbons (Fsp3) is 0.346. The Hall–Kier alpha value is -3.37. The summed E-state index contributed by atoms with van der Waals surface area (Å²) in [6, 6.07) is 11.2. The first-order valence-electron chi connectivity index (χ1n) is 11.6. The summed E-state index contributed by atoms with van der Waals surface area (Å²) in [5.41, 5.74) is -0.777. The third-order valence-corrected chi connectivity index (χ3v) is 7.06. The largest absolute Gasteiger partial charge is 0.444 e. The Morgan fingerprint density at radius 3 is 2.22 bits per heavy atom. The summed E-state index contributed by atoms with van der Waals surface area (Å²) in [6.07, 6.45) is 1.38. The molecule has 2 heterocycles. The lowest BCUT2D eigenvalue weighted by molar-refractivity contribution is -0.136. The van der Waals surface area contributed by atoms with Crippen molar-refractivity contribution in [3.63, 3.8) is 0 Å². The lowest BCUT2D eigenvalue weighted by Gasteiger charge is -2.36. The van der Waals surface area contributed by atoms with Crippen LogP contribution in [0, 0.1) is 17.0 Å². The van der Waals surface area contributed by atoms with Crippen LogP contribution in [0.25, 0.3) is 11.3 Å². The maximum atomic E-state index is 13.5. The van der Waals surface area contributed by atoms with Crippen LogP contribution in [0.3, 0.4) is 0 Å². The molecule has 7 nitrogen and oxygen atoms in total. The molecule has 190 valence electrons. The zero-order valence-electron chi connectivity index (χ0n) is 20.3. The lowest BCUT2D eigenvalue weighted by Crippen LogP contribution is -2.57. The highest BCUT2D eigenvalue weighted by molar-refractivity contribution is 7.18. The summed E-state index contributed by atoms with van der Waals surface area (Å²) in [5.74, 6) is -1.04. The topological polar surface area (TPSA) is 92.4 Å². The van der Waals surface area contributed by atoms with Crippen molar-refractivity contribution in [2.75, 3.05) is 18.4 Å². The molecule has 0 aliphatic carbocycles. The molecular formula is C26H28F2N4O3S. The van der Waals surface area contributed by atoms with Crippen LogP contribution in [0.5, 0.6) is 10.8 Å². The molecule has 1 aliphatic heterocycles. The molecule has 0 spiro atoms. The first kappa shape index (κ1) is 25.7. The van der Waals surface area contributed by atoms with Gasteiger partial charge in [-0.1, -0.05) is 18.3 Å². The molecule has 36 heavy (non-hydrogen) atoms. The predicted octanol–water partition coefficient (Wildman–Crippen LogP) is 5.10. The minimum absolute atomic E-state index is 0.171. The van der Waals surface area contributed by atoms with Crippen LogP contribution in [-0.2, 0) is 9.59 Å². The van der Waals surface area contributed by atoms with E-state index in [4.69, 9.17) is 4.74 Å². The lowest BCUT2D eigenvalue weighted by atomic mass is 9.79. The van der Waals surface area contributed by atoms with Crippen molar-refractivity contribution in [3.05, 3.63) is 60.2 Å². The summed E-state index contributed by atoms with van der Waals surface area (Å²) in [6.45, 7) is 6.67. The molecule has 0 radical (unpaired) electrons. The SMILES string of the molecule is CC1(C(=O)NC(C)(C)C(=O)Nc2nc(-c3ccc(F)cc3)c(Oc3ccc(F)cc3)s2)CCNCC1. The zero-order chi connectivity index (χ0) is 25.9. The smallest absolute Gasteiger partial charge is 0.251 e. The summed E-state index contributed by atoms with van der Waals surface area (Å²) in [5, 5.41) is 9.47. The Kier molecular flexibility index (Phi) is 7.37. The van der Waals surface area contributed by atoms with Crippen LogP contribution >= 0.6 is 11.3 Å². The molecule has 1 fully saturated rings. The molecule has 10 heteroatoms. The highest BCUT2D eigenvalue weighted by atomic mass is 32.1. The molecule has 0 bridgehead atoms. The Morgan fingerprint density at radius 2 is 1.61 bits per heavy atom. The standard InChI is InChI=1S/C26H28F2N4O3S/c1-25(2,32-23(34)26(3)12-14-29-15-13-26)22(33)31-24-30-20(16-4-6-17(27)7-5-16)21(36-24)35-19-10-8-18(28)9-11-19/h4-11,29H,12-15H2,1-3H3,(H,32,34)(H,30,31,33). The zero-order valence-corrected chi connectivity index (χ0v) is 21.1. The minimum Gasteiger partial charge on any atom is -0.444 e. The summed E-state index contributed by atoms with van der Waals surface area (Å²) >= 11 is 1.07. The van der Waals surface area contributed by atoms with Crippen molar-refractivity contribution in [3.8, 4) is 22.1 Å². The summed E-state index contributed by atoms with van der Waals surface area (Å²) in [4.78, 5) is 30.6. The number of carbonyl (C=O) groups excluding carboxylic acids is 2. The second-order valence-electron chi connectivity index (χ2n) is 9.56. The highest BCUT2D eigenvalue weighted by Crippen LogP contribution is 2.41. The van der Waals surface area contributed by atoms with Crippen LogP contribution in [0.4, 0.5) is 13.9 Å². The molecule has 1 aromatic heterocycles. The molecule has 3 aromatic rings. The van der Waals surface area contributed by atoms with Gasteiger partial charge in [0, 0.05) is 11.0 Å². The van der Waals surface area contributed by atoms with E-state index in [1.54, 1.807) is 26.0 Å². The normalized spacial score (nSPS) is 15.2. The van der Waals surface area contributed by atoms with Crippen LogP contribution in [0.1, 0.15) is 33.6 Å². The number of thiazole rings is 1. The highest BCUT2D eigenvalue weighted by Gasteiger charge is 2.39. The van der Waals surface area contributed by atoms with Crippen molar-refractivity contribution in [1.29, 1.82) is 0 Å². The van der Waals surface area contributed by atoms with Crippen LogP contribution < -0.4 is 20.7 Å². The first-order valence-corrected chi connectivity index (χ1v) is 12.4. The van der Waals surface area contributed by atoms with E-state index in [1.807, 2.05) is 6.92 Å². The second kappa shape index (κ2) is 10.3. The van der Waals surface area contributed by atoms with Crippen LogP contribution in [0.2, 0.25) is 0 Å². The Balaban J connectivity index is 1.55. The molecular weight excluding hydrogens is 486 g/mol. The van der Waals surface area contributed by atoms with Gasteiger partial charge in [-0.25, -0.2) is 13.8 Å². The van der Waals surface area contributed by atoms with E-state index in [1.165, 1.54) is 36.4 Å². The van der Waals surface area contributed by atoms with Gasteiger partial charge in [0.1, 0.15) is 28.6 Å². The van der Waals surface area contributed by atoms with Crippen molar-refractivity contribution in [2.24, 2.45) is 5.41 Å². The average molecular weight is 515 g/mol. The molecule has 0 atom stereocenters. The van der Waals surface area contributed by atoms with E-state index < -0.39 is 28.5 Å². The monoisotopic (exact) mass is 514 g/mol. The number of nitrogens with one attached hydrogen (secondary N) is 3. The number of aromatic nitrogens is 1. The predicted molar refractivity (Wildman–Crippen MR) is 135 cm³/mol. The van der Waals surface area contributed by atoms with Crippen molar-refractivity contribution >= 4 is 28.3 Å². The summed E-state index contributed by atoms with van der Waals surface area (Å²) in [7, 11) is 0. The van der Waals surface area contributed by atoms with E-state index in [0.717, 1.165) is 24.4 Å². The summed E-state index contributed by atoms with van der Waals surface area (Å²) < 4.78 is 32.7. The number of benzene rings is 2. The number of anilines is 1. The minimum atomic E-state index is -1.20. The third-order valence-electron chi connectivity index (χ3n) is 6.21. The Labute approximate surface area is 212 Å². The van der Waals surface area contributed by atoms with E-state index in [-0.39, 0.29) is 11.0 Å². The number of hydrogen-bond acceptors (Lipinski definition) is 6. The molecule has 2 aromatic carbocycles. The van der Waals surface area contributed by atoms with Gasteiger partial charge in [-0.2, -0.15) is 0 Å². The Morgan fingerprint density at radius 1 is 1.03 bits per heavy atom. The number of hydrogen-bond donors (Lipinski definition) is 3. The number of amides is 2. The van der Waals surface area contributed by atoms with Crippen molar-refractivity contribution < 1.29 is 23.1 Å². The van der Waals surface area contributed by atoms with Gasteiger partial charge in [0.15, 0.2) is 5.13 Å². The number of carbonyl (C=O) groups is 2. The number of rotatable bonds is 7. The van der Waals surface area contributed by atoms with Crippen molar-refractivity contribution in [1.82, 2.24) is 15.6 Å². The Bertz CT molecular complexity index is 1240. The molecule has 3 N–H and O–H groups in total. The van der Waals surface area contributed by atoms with Gasteiger partial charge in [0.25, 0.3) is 5.91 Å². The average Bonchev–Trinajstić information content (AvgIpc) is 3.23. The van der Waals surface area contributed by atoms with Gasteiger partial charge < -0.3 is 15.4 Å². The molecule has 2 amide bonds. The molecule has 1 saturated heterocycles. The van der Waals surface area contributed by atoms with Crippen LogP contribution in [-0.4, -0.2) is 35.4 Å². The number of nitrogens with zero attached hydrogens (tertiary/aromatic N) is 1. The van der Waals surface area contributed by atoms with E-state index in [2.05, 4.69) is 20.9 Å². The van der Waals surface area contributed by atoms with E-state index in [0.29, 0.717) is 34.9 Å². The fourth-order valence-corrected chi connectivity index (χ4v) is 4.63. The van der Waals surface area contributed by atoms with Gasteiger partial charge in [-0.15, -0.1) is 0 Å². The molecule has 0 saturated carbocycles. The van der Waals surface area contributed by atoms with Gasteiger partial charge in [-0.3, -0.25) is 14.9 Å². The maximum absolute atomic E-state index is 13.5. The van der Waals surface area contributed by atoms with Crippen LogP contribution in [0.15, 0.2) is 48.5 Å². The maximum Gasteiger partial charge on any atom is 0.251 e. The van der Waals surface area contributed by atoms with Crippen molar-refractivity contribution in [2.45, 2.75) is 39.2 Å². The third kappa shape index (κ3) is 5.88. The quantitative estimate of drug-likeness (QED) is 0.408. The number of ether oxygens (including phenoxy) is 1. The first-order chi connectivity index (χ1) is 17.1. The molecule has 1 aliphatic rings. The van der Waals surface area contributed by atoms with Gasteiger partial charge in [0.05, 0.1) is 0 Å². The van der Waals surface area contributed by atoms with E-state index >= 15 is 0 Å². The molecule has 4 rings (SSSR count). The second-order valence-corrected chi connectivity index (χ2v) is 10.5. The number of piperidine rings is 1. The molecule has 0 unspecified atom stereocenters. The van der Waals surface area contributed by atoms with Gasteiger partial charge in [-0.05, 0) is 88.3 Å². The van der Waals surface area contributed by atoms with Gasteiger partial charge >= 0.3 is 0 Å². The van der Waals surface area contributed by atoms with E-state index in [9.17, 15) is 18.4 Å². The number of halogens is 2. The van der Waals surface area contributed by atoms with Gasteiger partial charge in [0.2, 0.25) is 11.0 Å². The fourth-order valence-electron chi connectivity index (χ4n) is 3.78.